The summed E-state index contributed by atoms with van der Waals surface area (Å²) in [7, 11) is 0. The van der Waals surface area contributed by atoms with Crippen molar-refractivity contribution in [1.29, 1.82) is 0 Å². The Hall–Kier alpha value is -2.48. The molecule has 1 aliphatic heterocycles. The summed E-state index contributed by atoms with van der Waals surface area (Å²) in [5, 5.41) is 6.16. The average Bonchev–Trinajstić information content (AvgIpc) is 3.35. The van der Waals surface area contributed by atoms with Crippen molar-refractivity contribution < 1.29 is 14.3 Å². The van der Waals surface area contributed by atoms with E-state index in [9.17, 15) is 4.79 Å². The number of nitrogens with zero attached hydrogens (tertiary/aromatic N) is 2. The Labute approximate surface area is 171 Å². The Kier molecular flexibility index (Phi) is 5.57. The van der Waals surface area contributed by atoms with Gasteiger partial charge < -0.3 is 14.8 Å². The molecule has 0 bridgehead atoms. The first-order chi connectivity index (χ1) is 13.6. The highest BCUT2D eigenvalue weighted by Crippen LogP contribution is 2.27. The number of pyridine rings is 1. The van der Waals surface area contributed by atoms with Gasteiger partial charge >= 0.3 is 0 Å². The van der Waals surface area contributed by atoms with Gasteiger partial charge in [0.25, 0.3) is 5.91 Å². The van der Waals surface area contributed by atoms with Crippen LogP contribution in [0.3, 0.4) is 0 Å². The topological polar surface area (TPSA) is 73.3 Å². The Bertz CT molecular complexity index is 1000. The number of anilines is 1. The maximum atomic E-state index is 12.6. The monoisotopic (exact) mass is 415 g/mol. The molecule has 8 heteroatoms. The molecule has 1 N–H and O–H groups in total. The largest absolute Gasteiger partial charge is 0.471 e. The molecule has 28 heavy (non-hydrogen) atoms. The van der Waals surface area contributed by atoms with Crippen LogP contribution in [0.5, 0.6) is 5.88 Å². The molecule has 0 saturated carbocycles. The number of amides is 1. The number of hydrogen-bond acceptors (Lipinski definition) is 6. The molecule has 6 nitrogen and oxygen atoms in total. The van der Waals surface area contributed by atoms with E-state index in [0.717, 1.165) is 22.7 Å². The van der Waals surface area contributed by atoms with Crippen LogP contribution in [0.4, 0.5) is 5.69 Å². The second-order valence-corrected chi connectivity index (χ2v) is 7.87. The molecule has 1 atom stereocenters. The van der Waals surface area contributed by atoms with Crippen LogP contribution < -0.4 is 10.1 Å². The predicted molar refractivity (Wildman–Crippen MR) is 109 cm³/mol. The molecule has 4 rings (SSSR count). The third-order valence-corrected chi connectivity index (χ3v) is 5.32. The number of benzene rings is 1. The van der Waals surface area contributed by atoms with Crippen molar-refractivity contribution >= 4 is 34.5 Å². The quantitative estimate of drug-likeness (QED) is 0.659. The van der Waals surface area contributed by atoms with Crippen molar-refractivity contribution in [3.63, 3.8) is 0 Å². The van der Waals surface area contributed by atoms with Gasteiger partial charge in [0.2, 0.25) is 5.88 Å². The minimum Gasteiger partial charge on any atom is -0.471 e. The standard InChI is InChI=1S/C20H18ClN3O3S/c1-12-23-18(11-28-12)13-3-2-4-15(7-13)24-19(25)14-8-17(21)20(22-9-14)27-16-5-6-26-10-16/h2-4,7-9,11,16H,5-6,10H2,1H3,(H,24,25)/t16-/m1/s1. The Morgan fingerprint density at radius 3 is 3.00 bits per heavy atom. The molecule has 144 valence electrons. The molecular formula is C20H18ClN3O3S. The number of rotatable bonds is 5. The molecule has 1 aromatic carbocycles. The molecule has 3 aromatic rings. The lowest BCUT2D eigenvalue weighted by molar-refractivity contribution is 0.102. The smallest absolute Gasteiger partial charge is 0.257 e. The number of ether oxygens (including phenoxy) is 2. The minimum atomic E-state index is -0.295. The van der Waals surface area contributed by atoms with Gasteiger partial charge in [-0.1, -0.05) is 23.7 Å². The van der Waals surface area contributed by atoms with Crippen LogP contribution in [0, 0.1) is 6.92 Å². The van der Waals surface area contributed by atoms with Crippen LogP contribution in [0.2, 0.25) is 5.02 Å². The van der Waals surface area contributed by atoms with Gasteiger partial charge in [0.1, 0.15) is 11.1 Å². The lowest BCUT2D eigenvalue weighted by atomic mass is 10.1. The normalized spacial score (nSPS) is 16.1. The third kappa shape index (κ3) is 4.32. The van der Waals surface area contributed by atoms with Gasteiger partial charge in [-0.05, 0) is 25.1 Å². The van der Waals surface area contributed by atoms with E-state index in [1.165, 1.54) is 6.20 Å². The Morgan fingerprint density at radius 1 is 1.39 bits per heavy atom. The van der Waals surface area contributed by atoms with Crippen LogP contribution in [0.15, 0.2) is 41.9 Å². The summed E-state index contributed by atoms with van der Waals surface area (Å²) in [6.07, 6.45) is 2.21. The maximum absolute atomic E-state index is 12.6. The van der Waals surface area contributed by atoms with Gasteiger partial charge in [-0.2, -0.15) is 0 Å². The Balaban J connectivity index is 1.47. The number of thiazole rings is 1. The summed E-state index contributed by atoms with van der Waals surface area (Å²) < 4.78 is 11.0. The molecule has 1 aliphatic rings. The van der Waals surface area contributed by atoms with E-state index >= 15 is 0 Å². The summed E-state index contributed by atoms with van der Waals surface area (Å²) in [4.78, 5) is 21.3. The van der Waals surface area contributed by atoms with Crippen LogP contribution >= 0.6 is 22.9 Å². The van der Waals surface area contributed by atoms with Crippen molar-refractivity contribution in [3.8, 4) is 17.1 Å². The van der Waals surface area contributed by atoms with Crippen molar-refractivity contribution in [3.05, 3.63) is 57.5 Å². The highest BCUT2D eigenvalue weighted by molar-refractivity contribution is 7.09. The van der Waals surface area contributed by atoms with Gasteiger partial charge in [-0.15, -0.1) is 11.3 Å². The first-order valence-corrected chi connectivity index (χ1v) is 10.1. The van der Waals surface area contributed by atoms with Crippen LogP contribution in [-0.2, 0) is 4.74 Å². The average molecular weight is 416 g/mol. The lowest BCUT2D eigenvalue weighted by Gasteiger charge is -2.13. The number of aromatic nitrogens is 2. The van der Waals surface area contributed by atoms with E-state index in [4.69, 9.17) is 21.1 Å². The summed E-state index contributed by atoms with van der Waals surface area (Å²) >= 11 is 7.84. The summed E-state index contributed by atoms with van der Waals surface area (Å²) in [5.74, 6) is 0.0198. The molecule has 2 aromatic heterocycles. The Morgan fingerprint density at radius 2 is 2.29 bits per heavy atom. The van der Waals surface area contributed by atoms with E-state index in [2.05, 4.69) is 15.3 Å². The number of carbonyl (C=O) groups is 1. The highest BCUT2D eigenvalue weighted by Gasteiger charge is 2.20. The van der Waals surface area contributed by atoms with Crippen molar-refractivity contribution in [2.45, 2.75) is 19.4 Å². The number of halogens is 1. The molecule has 3 heterocycles. The summed E-state index contributed by atoms with van der Waals surface area (Å²) in [5.41, 5.74) is 2.86. The van der Waals surface area contributed by atoms with Crippen molar-refractivity contribution in [2.75, 3.05) is 18.5 Å². The minimum absolute atomic E-state index is 0.0539. The van der Waals surface area contributed by atoms with Crippen molar-refractivity contribution in [2.24, 2.45) is 0 Å². The summed E-state index contributed by atoms with van der Waals surface area (Å²) in [6.45, 7) is 3.15. The summed E-state index contributed by atoms with van der Waals surface area (Å²) in [6, 6.07) is 9.11. The van der Waals surface area contributed by atoms with Crippen LogP contribution in [0.25, 0.3) is 11.3 Å². The first kappa shape index (κ1) is 18.9. The fourth-order valence-corrected chi connectivity index (χ4v) is 3.69. The zero-order valence-electron chi connectivity index (χ0n) is 15.1. The zero-order chi connectivity index (χ0) is 19.5. The number of carbonyl (C=O) groups excluding carboxylic acids is 1. The molecule has 1 amide bonds. The second kappa shape index (κ2) is 8.26. The first-order valence-electron chi connectivity index (χ1n) is 8.82. The van der Waals surface area contributed by atoms with E-state index in [0.29, 0.717) is 35.4 Å². The third-order valence-electron chi connectivity index (χ3n) is 4.27. The molecule has 0 spiro atoms. The van der Waals surface area contributed by atoms with Gasteiger partial charge in [0, 0.05) is 29.2 Å². The van der Waals surface area contributed by atoms with Gasteiger partial charge in [-0.3, -0.25) is 4.79 Å². The van der Waals surface area contributed by atoms with Gasteiger partial charge in [0.15, 0.2) is 0 Å². The predicted octanol–water partition coefficient (Wildman–Crippen LogP) is 4.59. The van der Waals surface area contributed by atoms with Crippen molar-refractivity contribution in [1.82, 2.24) is 9.97 Å². The molecule has 1 saturated heterocycles. The van der Waals surface area contributed by atoms with E-state index in [1.807, 2.05) is 36.6 Å². The fourth-order valence-electron chi connectivity index (χ4n) is 2.86. The highest BCUT2D eigenvalue weighted by atomic mass is 35.5. The number of nitrogens with one attached hydrogen (secondary N) is 1. The van der Waals surface area contributed by atoms with Gasteiger partial charge in [-0.25, -0.2) is 9.97 Å². The SMILES string of the molecule is Cc1nc(-c2cccc(NC(=O)c3cnc(O[C@@H]4CCOC4)c(Cl)c3)c2)cs1. The van der Waals surface area contributed by atoms with Crippen LogP contribution in [-0.4, -0.2) is 35.2 Å². The zero-order valence-corrected chi connectivity index (χ0v) is 16.7. The van der Waals surface area contributed by atoms with Gasteiger partial charge in [0.05, 0.1) is 29.5 Å². The van der Waals surface area contributed by atoms with E-state index < -0.39 is 0 Å². The molecular weight excluding hydrogens is 398 g/mol. The number of aryl methyl sites for hydroxylation is 1. The van der Waals surface area contributed by atoms with Crippen LogP contribution in [0.1, 0.15) is 21.8 Å². The molecule has 0 aliphatic carbocycles. The van der Waals surface area contributed by atoms with E-state index in [-0.39, 0.29) is 12.0 Å². The fraction of sp³-hybridized carbons (Fsp3) is 0.250. The molecule has 0 unspecified atom stereocenters. The molecule has 0 radical (unpaired) electrons. The van der Waals surface area contributed by atoms with E-state index in [1.54, 1.807) is 17.4 Å². The second-order valence-electron chi connectivity index (χ2n) is 6.40. The maximum Gasteiger partial charge on any atom is 0.257 e. The lowest BCUT2D eigenvalue weighted by Crippen LogP contribution is -2.17. The molecule has 1 fully saturated rings. The number of hydrogen-bond donors (Lipinski definition) is 1.